The average Bonchev–Trinajstić information content (AvgIpc) is 2.47. The van der Waals surface area contributed by atoms with Gasteiger partial charge in [0.05, 0.1) is 5.45 Å². The summed E-state index contributed by atoms with van der Waals surface area (Å²) in [5.74, 6) is -0.303. The predicted octanol–water partition coefficient (Wildman–Crippen LogP) is 3.77. The van der Waals surface area contributed by atoms with Crippen LogP contribution in [0.15, 0.2) is 52.7 Å². The second kappa shape index (κ2) is 6.78. The molecule has 0 fully saturated rings. The SMILES string of the molecule is C=Nn1cccc(-c2ccccc2OC(F)(F)F)c1=NCBr. The molecule has 116 valence electrons. The summed E-state index contributed by atoms with van der Waals surface area (Å²) in [5, 5.41) is 3.77. The summed E-state index contributed by atoms with van der Waals surface area (Å²) >= 11 is 3.17. The van der Waals surface area contributed by atoms with Gasteiger partial charge in [-0.15, -0.1) is 13.2 Å². The van der Waals surface area contributed by atoms with E-state index in [1.165, 1.54) is 22.9 Å². The van der Waals surface area contributed by atoms with Gasteiger partial charge in [-0.25, -0.2) is 4.68 Å². The van der Waals surface area contributed by atoms with Crippen molar-refractivity contribution >= 4 is 22.6 Å². The Morgan fingerprint density at radius 1 is 1.14 bits per heavy atom. The first-order valence-electron chi connectivity index (χ1n) is 6.06. The summed E-state index contributed by atoms with van der Waals surface area (Å²) < 4.78 is 43.1. The summed E-state index contributed by atoms with van der Waals surface area (Å²) in [6.07, 6.45) is -3.17. The number of aromatic nitrogens is 1. The lowest BCUT2D eigenvalue weighted by Crippen LogP contribution is -2.21. The van der Waals surface area contributed by atoms with Crippen molar-refractivity contribution < 1.29 is 17.9 Å². The molecule has 0 radical (unpaired) electrons. The molecule has 0 aliphatic heterocycles. The lowest BCUT2D eigenvalue weighted by Gasteiger charge is -2.14. The molecular formula is C14H11BrF3N3O. The molecule has 8 heteroatoms. The number of benzene rings is 1. The first-order valence-corrected chi connectivity index (χ1v) is 7.18. The van der Waals surface area contributed by atoms with Crippen molar-refractivity contribution in [3.05, 3.63) is 48.1 Å². The monoisotopic (exact) mass is 373 g/mol. The second-order valence-electron chi connectivity index (χ2n) is 4.05. The Bertz CT molecular complexity index is 741. The summed E-state index contributed by atoms with van der Waals surface area (Å²) in [6.45, 7) is 3.42. The van der Waals surface area contributed by atoms with Crippen LogP contribution in [0.25, 0.3) is 11.1 Å². The Labute approximate surface area is 132 Å². The largest absolute Gasteiger partial charge is 0.573 e. The number of para-hydroxylation sites is 1. The fourth-order valence-corrected chi connectivity index (χ4v) is 2.17. The molecule has 4 nitrogen and oxygen atoms in total. The van der Waals surface area contributed by atoms with Crippen LogP contribution in [0.2, 0.25) is 0 Å². The van der Waals surface area contributed by atoms with Crippen molar-refractivity contribution in [1.82, 2.24) is 4.68 Å². The van der Waals surface area contributed by atoms with Crippen LogP contribution in [0.1, 0.15) is 0 Å². The fraction of sp³-hybridized carbons (Fsp3) is 0.143. The Kier molecular flexibility index (Phi) is 5.02. The maximum absolute atomic E-state index is 12.5. The summed E-state index contributed by atoms with van der Waals surface area (Å²) in [5.41, 5.74) is 1.35. The molecule has 0 atom stereocenters. The zero-order chi connectivity index (χ0) is 16.2. The highest BCUT2D eigenvalue weighted by atomic mass is 79.9. The third kappa shape index (κ3) is 3.76. The summed E-state index contributed by atoms with van der Waals surface area (Å²) in [7, 11) is 0. The van der Waals surface area contributed by atoms with Gasteiger partial charge in [-0.1, -0.05) is 34.1 Å². The first-order chi connectivity index (χ1) is 10.5. The molecule has 22 heavy (non-hydrogen) atoms. The third-order valence-electron chi connectivity index (χ3n) is 2.71. The van der Waals surface area contributed by atoms with Gasteiger partial charge in [0, 0.05) is 24.0 Å². The summed E-state index contributed by atoms with van der Waals surface area (Å²) in [6, 6.07) is 9.14. The highest BCUT2D eigenvalue weighted by Gasteiger charge is 2.32. The number of hydrogen-bond donors (Lipinski definition) is 0. The van der Waals surface area contributed by atoms with Gasteiger partial charge < -0.3 is 4.74 Å². The Morgan fingerprint density at radius 3 is 2.45 bits per heavy atom. The zero-order valence-electron chi connectivity index (χ0n) is 11.2. The lowest BCUT2D eigenvalue weighted by atomic mass is 10.1. The third-order valence-corrected chi connectivity index (χ3v) is 2.96. The van der Waals surface area contributed by atoms with Crippen LogP contribution in [0.5, 0.6) is 5.75 Å². The van der Waals surface area contributed by atoms with Gasteiger partial charge in [-0.05, 0) is 18.2 Å². The number of nitrogens with zero attached hydrogens (tertiary/aromatic N) is 3. The molecule has 0 saturated heterocycles. The molecule has 0 aliphatic rings. The Balaban J connectivity index is 2.68. The van der Waals surface area contributed by atoms with E-state index in [0.29, 0.717) is 11.1 Å². The molecule has 0 spiro atoms. The Morgan fingerprint density at radius 2 is 1.82 bits per heavy atom. The van der Waals surface area contributed by atoms with Crippen LogP contribution in [-0.4, -0.2) is 23.2 Å². The van der Waals surface area contributed by atoms with Gasteiger partial charge in [0.2, 0.25) is 0 Å². The molecule has 1 heterocycles. The number of pyridine rings is 1. The van der Waals surface area contributed by atoms with Crippen LogP contribution >= 0.6 is 15.9 Å². The topological polar surface area (TPSA) is 38.9 Å². The van der Waals surface area contributed by atoms with E-state index in [4.69, 9.17) is 0 Å². The maximum atomic E-state index is 12.5. The number of alkyl halides is 4. The first kappa shape index (κ1) is 16.3. The van der Waals surface area contributed by atoms with Crippen molar-refractivity contribution in [3.63, 3.8) is 0 Å². The quantitative estimate of drug-likeness (QED) is 0.456. The van der Waals surface area contributed by atoms with E-state index in [9.17, 15) is 13.2 Å². The highest BCUT2D eigenvalue weighted by molar-refractivity contribution is 9.09. The lowest BCUT2D eigenvalue weighted by molar-refractivity contribution is -0.274. The van der Waals surface area contributed by atoms with Crippen LogP contribution in [0.3, 0.4) is 0 Å². The summed E-state index contributed by atoms with van der Waals surface area (Å²) in [4.78, 5) is 4.20. The standard InChI is InChI=1S/C14H11BrF3N3O/c1-19-21-8-4-6-11(13(21)20-9-15)10-5-2-3-7-12(10)22-14(16,17)18/h2-8H,1,9H2. The van der Waals surface area contributed by atoms with Gasteiger partial charge in [0.15, 0.2) is 5.49 Å². The molecule has 0 bridgehead atoms. The molecule has 2 aromatic rings. The van der Waals surface area contributed by atoms with E-state index < -0.39 is 6.36 Å². The second-order valence-corrected chi connectivity index (χ2v) is 4.55. The minimum absolute atomic E-state index is 0.262. The van der Waals surface area contributed by atoms with E-state index in [2.05, 4.69) is 37.5 Å². The number of rotatable bonds is 4. The van der Waals surface area contributed by atoms with Gasteiger partial charge >= 0.3 is 6.36 Å². The average molecular weight is 374 g/mol. The molecule has 0 amide bonds. The molecule has 2 rings (SSSR count). The van der Waals surface area contributed by atoms with E-state index in [-0.39, 0.29) is 16.8 Å². The van der Waals surface area contributed by atoms with Gasteiger partial charge in [0.1, 0.15) is 5.75 Å². The van der Waals surface area contributed by atoms with Crippen LogP contribution in [0, 0.1) is 0 Å². The number of halogens is 4. The van der Waals surface area contributed by atoms with E-state index in [1.54, 1.807) is 24.4 Å². The molecule has 1 aromatic heterocycles. The van der Waals surface area contributed by atoms with Crippen molar-refractivity contribution in [1.29, 1.82) is 0 Å². The highest BCUT2D eigenvalue weighted by Crippen LogP contribution is 2.32. The molecule has 0 N–H and O–H groups in total. The van der Waals surface area contributed by atoms with E-state index >= 15 is 0 Å². The molecule has 0 aliphatic carbocycles. The van der Waals surface area contributed by atoms with Crippen LogP contribution in [0.4, 0.5) is 13.2 Å². The zero-order valence-corrected chi connectivity index (χ0v) is 12.8. The smallest absolute Gasteiger partial charge is 0.405 e. The minimum atomic E-state index is -4.77. The number of ether oxygens (including phenoxy) is 1. The number of hydrogen-bond acceptors (Lipinski definition) is 3. The maximum Gasteiger partial charge on any atom is 0.573 e. The van der Waals surface area contributed by atoms with Crippen molar-refractivity contribution in [2.45, 2.75) is 6.36 Å². The molecule has 1 aromatic carbocycles. The minimum Gasteiger partial charge on any atom is -0.405 e. The molecule has 0 saturated carbocycles. The van der Waals surface area contributed by atoms with Crippen LogP contribution in [-0.2, 0) is 0 Å². The Hall–Kier alpha value is -2.09. The van der Waals surface area contributed by atoms with E-state index in [1.807, 2.05) is 0 Å². The van der Waals surface area contributed by atoms with Gasteiger partial charge in [-0.2, -0.15) is 5.10 Å². The molecule has 0 unspecified atom stereocenters. The normalized spacial score (nSPS) is 12.3. The molecular weight excluding hydrogens is 363 g/mol. The van der Waals surface area contributed by atoms with E-state index in [0.717, 1.165) is 0 Å². The van der Waals surface area contributed by atoms with Gasteiger partial charge in [0.25, 0.3) is 0 Å². The van der Waals surface area contributed by atoms with Crippen LogP contribution < -0.4 is 10.2 Å². The predicted molar refractivity (Wildman–Crippen MR) is 80.9 cm³/mol. The van der Waals surface area contributed by atoms with Crippen molar-refractivity contribution in [2.24, 2.45) is 10.1 Å². The fourth-order valence-electron chi connectivity index (χ4n) is 1.93. The van der Waals surface area contributed by atoms with Crippen molar-refractivity contribution in [2.75, 3.05) is 5.45 Å². The van der Waals surface area contributed by atoms with Gasteiger partial charge in [-0.3, -0.25) is 4.99 Å². The van der Waals surface area contributed by atoms with Crippen molar-refractivity contribution in [3.8, 4) is 16.9 Å².